The Labute approximate surface area is 168 Å². The maximum Gasteiger partial charge on any atom is 0.303 e. The summed E-state index contributed by atoms with van der Waals surface area (Å²) in [6, 6.07) is 6.22. The van der Waals surface area contributed by atoms with Crippen LogP contribution in [0.5, 0.6) is 0 Å². The first kappa shape index (κ1) is 18.1. The van der Waals surface area contributed by atoms with Crippen molar-refractivity contribution in [3.8, 4) is 11.1 Å². The zero-order valence-corrected chi connectivity index (χ0v) is 16.1. The summed E-state index contributed by atoms with van der Waals surface area (Å²) < 4.78 is 7.72. The van der Waals surface area contributed by atoms with Crippen molar-refractivity contribution >= 4 is 23.0 Å². The highest BCUT2D eigenvalue weighted by Gasteiger charge is 2.23. The number of hydrogen-bond acceptors (Lipinski definition) is 6. The molecule has 1 N–H and O–H groups in total. The Hall–Kier alpha value is -3.00. The number of carbonyl (C=O) groups is 1. The van der Waals surface area contributed by atoms with E-state index >= 15 is 0 Å². The molecule has 0 radical (unpaired) electrons. The van der Waals surface area contributed by atoms with E-state index in [1.165, 1.54) is 0 Å². The number of carboxylic acid groups (broad SMARTS) is 1. The molecule has 8 heteroatoms. The molecule has 1 atom stereocenters. The summed E-state index contributed by atoms with van der Waals surface area (Å²) in [5, 5.41) is 9.06. The molecule has 4 heterocycles. The van der Waals surface area contributed by atoms with Gasteiger partial charge in [-0.15, -0.1) is 0 Å². The van der Waals surface area contributed by atoms with Gasteiger partial charge in [-0.3, -0.25) is 4.79 Å². The number of nitrogens with zero attached hydrogens (tertiary/aromatic N) is 5. The van der Waals surface area contributed by atoms with Crippen molar-refractivity contribution in [2.75, 3.05) is 24.6 Å². The van der Waals surface area contributed by atoms with Crippen molar-refractivity contribution in [1.82, 2.24) is 19.5 Å². The summed E-state index contributed by atoms with van der Waals surface area (Å²) in [5.74, 6) is 1.06. The second-order valence-electron chi connectivity index (χ2n) is 7.76. The smallest absolute Gasteiger partial charge is 0.303 e. The van der Waals surface area contributed by atoms with E-state index in [0.29, 0.717) is 25.7 Å². The number of ether oxygens (including phenoxy) is 1. The number of aromatic nitrogens is 4. The Bertz CT molecular complexity index is 1050. The van der Waals surface area contributed by atoms with E-state index < -0.39 is 5.97 Å². The predicted molar refractivity (Wildman–Crippen MR) is 108 cm³/mol. The van der Waals surface area contributed by atoms with E-state index in [9.17, 15) is 4.79 Å². The van der Waals surface area contributed by atoms with Crippen molar-refractivity contribution in [3.05, 3.63) is 36.4 Å². The number of aliphatic carboxylic acids is 1. The maximum absolute atomic E-state index is 11.0. The number of benzene rings is 1. The molecular formula is C21H23N5O3. The molecule has 0 amide bonds. The van der Waals surface area contributed by atoms with Gasteiger partial charge in [0.15, 0.2) is 0 Å². The van der Waals surface area contributed by atoms with E-state index in [-0.39, 0.29) is 12.3 Å². The lowest BCUT2D eigenvalue weighted by atomic mass is 9.95. The fraction of sp³-hybridized carbons (Fsp3) is 0.429. The Morgan fingerprint density at radius 1 is 1.21 bits per heavy atom. The van der Waals surface area contributed by atoms with Gasteiger partial charge in [-0.1, -0.05) is 6.07 Å². The average molecular weight is 393 g/mol. The molecule has 0 spiro atoms. The van der Waals surface area contributed by atoms with Gasteiger partial charge in [0.1, 0.15) is 12.4 Å². The third-order valence-corrected chi connectivity index (χ3v) is 5.75. The van der Waals surface area contributed by atoms with E-state index in [2.05, 4.69) is 30.5 Å². The zero-order chi connectivity index (χ0) is 19.8. The van der Waals surface area contributed by atoms with Gasteiger partial charge in [0.25, 0.3) is 0 Å². The highest BCUT2D eigenvalue weighted by molar-refractivity contribution is 5.82. The molecule has 0 bridgehead atoms. The van der Waals surface area contributed by atoms with E-state index in [4.69, 9.17) is 9.84 Å². The highest BCUT2D eigenvalue weighted by Crippen LogP contribution is 2.27. The van der Waals surface area contributed by atoms with Crippen molar-refractivity contribution in [2.24, 2.45) is 5.92 Å². The van der Waals surface area contributed by atoms with Crippen LogP contribution < -0.4 is 4.90 Å². The van der Waals surface area contributed by atoms with Gasteiger partial charge in [0.05, 0.1) is 17.6 Å². The van der Waals surface area contributed by atoms with Crippen LogP contribution in [0.4, 0.5) is 5.95 Å². The highest BCUT2D eigenvalue weighted by atomic mass is 16.5. The number of carboxylic acids is 1. The summed E-state index contributed by atoms with van der Waals surface area (Å²) in [4.78, 5) is 26.9. The summed E-state index contributed by atoms with van der Waals surface area (Å²) >= 11 is 0. The largest absolute Gasteiger partial charge is 0.481 e. The fourth-order valence-corrected chi connectivity index (χ4v) is 4.33. The zero-order valence-electron chi connectivity index (χ0n) is 16.1. The quantitative estimate of drug-likeness (QED) is 0.728. The Balaban J connectivity index is 1.38. The van der Waals surface area contributed by atoms with Gasteiger partial charge in [-0.05, 0) is 36.5 Å². The minimum Gasteiger partial charge on any atom is -0.481 e. The molecule has 150 valence electrons. The second-order valence-corrected chi connectivity index (χ2v) is 7.76. The second kappa shape index (κ2) is 7.44. The lowest BCUT2D eigenvalue weighted by Crippen LogP contribution is -2.37. The van der Waals surface area contributed by atoms with Crippen LogP contribution in [0.3, 0.4) is 0 Å². The monoisotopic (exact) mass is 393 g/mol. The van der Waals surface area contributed by atoms with Crippen LogP contribution in [0.15, 0.2) is 30.6 Å². The molecule has 5 rings (SSSR count). The summed E-state index contributed by atoms with van der Waals surface area (Å²) in [7, 11) is 0. The lowest BCUT2D eigenvalue weighted by molar-refractivity contribution is -0.138. The normalized spacial score (nSPS) is 19.3. The molecule has 2 aliphatic rings. The van der Waals surface area contributed by atoms with Crippen LogP contribution >= 0.6 is 0 Å². The molecule has 1 fully saturated rings. The van der Waals surface area contributed by atoms with Crippen LogP contribution in [0, 0.1) is 5.92 Å². The number of hydrogen-bond donors (Lipinski definition) is 1. The summed E-state index contributed by atoms with van der Waals surface area (Å²) in [6.45, 7) is 3.64. The SMILES string of the molecule is O=C(O)CC1CCCN(c2ncc(-c3ccc4nc5n(c4c3)CCOC5)cn2)C1. The van der Waals surface area contributed by atoms with E-state index in [1.54, 1.807) is 0 Å². The Morgan fingerprint density at radius 3 is 2.90 bits per heavy atom. The molecule has 0 saturated carbocycles. The maximum atomic E-state index is 11.0. The van der Waals surface area contributed by atoms with Crippen LogP contribution in [-0.4, -0.2) is 50.3 Å². The molecular weight excluding hydrogens is 370 g/mol. The molecule has 2 aliphatic heterocycles. The Kier molecular flexibility index (Phi) is 4.63. The number of rotatable bonds is 4. The number of fused-ring (bicyclic) bond motifs is 3. The van der Waals surface area contributed by atoms with Crippen molar-refractivity contribution < 1.29 is 14.6 Å². The summed E-state index contributed by atoms with van der Waals surface area (Å²) in [6.07, 6.45) is 5.81. The first-order chi connectivity index (χ1) is 14.2. The van der Waals surface area contributed by atoms with Gasteiger partial charge in [-0.2, -0.15) is 0 Å². The average Bonchev–Trinajstić information content (AvgIpc) is 3.11. The lowest BCUT2D eigenvalue weighted by Gasteiger charge is -2.32. The van der Waals surface area contributed by atoms with Crippen LogP contribution in [0.1, 0.15) is 25.1 Å². The Morgan fingerprint density at radius 2 is 2.07 bits per heavy atom. The first-order valence-corrected chi connectivity index (χ1v) is 10.0. The molecule has 1 unspecified atom stereocenters. The van der Waals surface area contributed by atoms with E-state index in [0.717, 1.165) is 53.9 Å². The number of imidazole rings is 1. The topological polar surface area (TPSA) is 93.4 Å². The summed E-state index contributed by atoms with van der Waals surface area (Å²) in [5.41, 5.74) is 4.10. The van der Waals surface area contributed by atoms with Gasteiger partial charge in [0, 0.05) is 44.0 Å². The third kappa shape index (κ3) is 3.55. The molecule has 1 saturated heterocycles. The molecule has 29 heavy (non-hydrogen) atoms. The van der Waals surface area contributed by atoms with Crippen molar-refractivity contribution in [1.29, 1.82) is 0 Å². The molecule has 8 nitrogen and oxygen atoms in total. The van der Waals surface area contributed by atoms with Gasteiger partial charge in [0.2, 0.25) is 5.95 Å². The van der Waals surface area contributed by atoms with Gasteiger partial charge >= 0.3 is 5.97 Å². The minimum atomic E-state index is -0.739. The number of piperidine rings is 1. The molecule has 0 aliphatic carbocycles. The van der Waals surface area contributed by atoms with Crippen LogP contribution in [0.25, 0.3) is 22.2 Å². The van der Waals surface area contributed by atoms with Gasteiger partial charge in [-0.25, -0.2) is 15.0 Å². The van der Waals surface area contributed by atoms with Crippen molar-refractivity contribution in [2.45, 2.75) is 32.4 Å². The third-order valence-electron chi connectivity index (χ3n) is 5.75. The molecule has 2 aromatic heterocycles. The predicted octanol–water partition coefficient (Wildman–Crippen LogP) is 2.71. The first-order valence-electron chi connectivity index (χ1n) is 10.0. The standard InChI is InChI=1S/C21H23N5O3/c27-20(28)8-14-2-1-5-25(12-14)21-22-10-16(11-23-21)15-3-4-17-18(9-15)26-6-7-29-13-19(26)24-17/h3-4,9-11,14H,1-2,5-8,12-13H2,(H,27,28). The van der Waals surface area contributed by atoms with E-state index in [1.807, 2.05) is 24.5 Å². The fourth-order valence-electron chi connectivity index (χ4n) is 4.33. The molecule has 3 aromatic rings. The minimum absolute atomic E-state index is 0.156. The van der Waals surface area contributed by atoms with Crippen LogP contribution in [-0.2, 0) is 22.7 Å². The van der Waals surface area contributed by atoms with Crippen molar-refractivity contribution in [3.63, 3.8) is 0 Å². The van der Waals surface area contributed by atoms with Gasteiger partial charge < -0.3 is 19.3 Å². The number of anilines is 1. The van der Waals surface area contributed by atoms with Crippen LogP contribution in [0.2, 0.25) is 0 Å². The molecule has 1 aromatic carbocycles.